The SMILES string of the molecule is CCCc1nc(S/C(=C\c2cc(C)n(-c3ccc(C)c(I)c3)c2C)C(=O)O)n[nH]1. The molecule has 29 heavy (non-hydrogen) atoms. The van der Waals surface area contributed by atoms with Crippen molar-refractivity contribution in [2.45, 2.75) is 45.7 Å². The number of hydrogen-bond donors (Lipinski definition) is 2. The average Bonchev–Trinajstić information content (AvgIpc) is 3.21. The van der Waals surface area contributed by atoms with Crippen LogP contribution in [0.4, 0.5) is 0 Å². The van der Waals surface area contributed by atoms with E-state index >= 15 is 0 Å². The number of carboxylic acid groups (broad SMARTS) is 1. The van der Waals surface area contributed by atoms with Gasteiger partial charge in [-0.05, 0) is 96.9 Å². The molecule has 0 radical (unpaired) electrons. The number of aromatic amines is 1. The Morgan fingerprint density at radius 3 is 2.72 bits per heavy atom. The van der Waals surface area contributed by atoms with Gasteiger partial charge in [-0.3, -0.25) is 5.10 Å². The van der Waals surface area contributed by atoms with Crippen LogP contribution in [-0.2, 0) is 11.2 Å². The predicted molar refractivity (Wildman–Crippen MR) is 125 cm³/mol. The zero-order chi connectivity index (χ0) is 21.1. The largest absolute Gasteiger partial charge is 0.477 e. The van der Waals surface area contributed by atoms with Crippen molar-refractivity contribution < 1.29 is 9.90 Å². The third-order valence-electron chi connectivity index (χ3n) is 4.58. The highest BCUT2D eigenvalue weighted by molar-refractivity contribution is 14.1. The van der Waals surface area contributed by atoms with Gasteiger partial charge in [0.05, 0.1) is 0 Å². The first-order valence-electron chi connectivity index (χ1n) is 9.29. The summed E-state index contributed by atoms with van der Waals surface area (Å²) < 4.78 is 3.34. The van der Waals surface area contributed by atoms with Crippen molar-refractivity contribution in [2.24, 2.45) is 0 Å². The minimum Gasteiger partial charge on any atom is -0.477 e. The van der Waals surface area contributed by atoms with Gasteiger partial charge in [0.15, 0.2) is 0 Å². The van der Waals surface area contributed by atoms with E-state index in [0.717, 1.165) is 53.1 Å². The number of thioether (sulfide) groups is 1. The van der Waals surface area contributed by atoms with E-state index in [1.165, 1.54) is 9.13 Å². The number of aliphatic carboxylic acids is 1. The standard InChI is InChI=1S/C21H23IN4O2S/c1-5-6-19-23-21(25-24-19)29-18(20(27)28)10-15-9-13(3)26(14(15)4)16-8-7-12(2)17(22)11-16/h7-11H,5-6H2,1-4H3,(H,27,28)(H,23,24,25)/b18-10-. The van der Waals surface area contributed by atoms with E-state index < -0.39 is 5.97 Å². The van der Waals surface area contributed by atoms with Gasteiger partial charge >= 0.3 is 5.97 Å². The number of benzene rings is 1. The lowest BCUT2D eigenvalue weighted by Gasteiger charge is -2.11. The summed E-state index contributed by atoms with van der Waals surface area (Å²) in [5, 5.41) is 17.1. The molecular weight excluding hydrogens is 499 g/mol. The molecule has 0 unspecified atom stereocenters. The summed E-state index contributed by atoms with van der Waals surface area (Å²) in [6.07, 6.45) is 3.43. The number of hydrogen-bond acceptors (Lipinski definition) is 4. The molecule has 3 rings (SSSR count). The normalized spacial score (nSPS) is 11.8. The van der Waals surface area contributed by atoms with Crippen LogP contribution in [0.15, 0.2) is 34.3 Å². The monoisotopic (exact) mass is 522 g/mol. The van der Waals surface area contributed by atoms with Crippen LogP contribution in [-0.4, -0.2) is 30.8 Å². The number of aromatic nitrogens is 4. The highest BCUT2D eigenvalue weighted by atomic mass is 127. The summed E-state index contributed by atoms with van der Waals surface area (Å²) in [6, 6.07) is 8.33. The second kappa shape index (κ2) is 9.17. The molecule has 6 nitrogen and oxygen atoms in total. The number of carboxylic acids is 1. The van der Waals surface area contributed by atoms with Crippen LogP contribution in [0.25, 0.3) is 11.8 Å². The van der Waals surface area contributed by atoms with Crippen molar-refractivity contribution in [3.05, 3.63) is 61.1 Å². The van der Waals surface area contributed by atoms with Crippen LogP contribution in [0, 0.1) is 24.3 Å². The Bertz CT molecular complexity index is 1080. The van der Waals surface area contributed by atoms with Gasteiger partial charge in [0, 0.05) is 27.1 Å². The first kappa shape index (κ1) is 21.6. The maximum atomic E-state index is 11.8. The highest BCUT2D eigenvalue weighted by Gasteiger charge is 2.16. The Balaban J connectivity index is 1.96. The lowest BCUT2D eigenvalue weighted by molar-refractivity contribution is -0.131. The van der Waals surface area contributed by atoms with Crippen LogP contribution < -0.4 is 0 Å². The molecule has 0 bridgehead atoms. The number of nitrogens with zero attached hydrogens (tertiary/aromatic N) is 3. The lowest BCUT2D eigenvalue weighted by atomic mass is 10.2. The molecule has 0 atom stereocenters. The first-order chi connectivity index (χ1) is 13.8. The fraction of sp³-hybridized carbons (Fsp3) is 0.286. The van der Waals surface area contributed by atoms with Crippen LogP contribution in [0.3, 0.4) is 0 Å². The molecule has 2 N–H and O–H groups in total. The van der Waals surface area contributed by atoms with E-state index in [4.69, 9.17) is 0 Å². The molecule has 152 valence electrons. The quantitative estimate of drug-likeness (QED) is 0.250. The van der Waals surface area contributed by atoms with Crippen molar-refractivity contribution in [3.8, 4) is 5.69 Å². The average molecular weight is 522 g/mol. The number of H-pyrrole nitrogens is 1. The molecule has 0 saturated heterocycles. The Morgan fingerprint density at radius 1 is 1.31 bits per heavy atom. The minimum absolute atomic E-state index is 0.186. The third-order valence-corrected chi connectivity index (χ3v) is 6.62. The third kappa shape index (κ3) is 4.92. The van der Waals surface area contributed by atoms with Gasteiger partial charge in [0.25, 0.3) is 0 Å². The highest BCUT2D eigenvalue weighted by Crippen LogP contribution is 2.29. The van der Waals surface area contributed by atoms with Gasteiger partial charge < -0.3 is 9.67 Å². The summed E-state index contributed by atoms with van der Waals surface area (Å²) in [5.41, 5.74) is 5.20. The molecule has 8 heteroatoms. The molecule has 0 fully saturated rings. The topological polar surface area (TPSA) is 83.8 Å². The number of aryl methyl sites for hydroxylation is 3. The molecule has 3 aromatic rings. The fourth-order valence-electron chi connectivity index (χ4n) is 3.10. The molecule has 2 heterocycles. The zero-order valence-electron chi connectivity index (χ0n) is 16.8. The number of rotatable bonds is 7. The molecular formula is C21H23IN4O2S. The van der Waals surface area contributed by atoms with Crippen LogP contribution >= 0.6 is 34.4 Å². The summed E-state index contributed by atoms with van der Waals surface area (Å²) in [4.78, 5) is 16.4. The Labute approximate surface area is 188 Å². The minimum atomic E-state index is -0.994. The molecule has 0 aliphatic heterocycles. The van der Waals surface area contributed by atoms with E-state index in [9.17, 15) is 9.90 Å². The molecule has 1 aromatic carbocycles. The van der Waals surface area contributed by atoms with E-state index in [-0.39, 0.29) is 4.91 Å². The molecule has 0 aliphatic carbocycles. The lowest BCUT2D eigenvalue weighted by Crippen LogP contribution is -2.01. The van der Waals surface area contributed by atoms with Crippen LogP contribution in [0.2, 0.25) is 0 Å². The zero-order valence-corrected chi connectivity index (χ0v) is 19.8. The Hall–Kier alpha value is -2.07. The summed E-state index contributed by atoms with van der Waals surface area (Å²) >= 11 is 3.39. The first-order valence-corrected chi connectivity index (χ1v) is 11.2. The van der Waals surface area contributed by atoms with E-state index in [0.29, 0.717) is 5.16 Å². The second-order valence-electron chi connectivity index (χ2n) is 6.83. The van der Waals surface area contributed by atoms with Crippen molar-refractivity contribution in [3.63, 3.8) is 0 Å². The van der Waals surface area contributed by atoms with Crippen molar-refractivity contribution >= 4 is 46.4 Å². The van der Waals surface area contributed by atoms with E-state index in [1.54, 1.807) is 6.08 Å². The van der Waals surface area contributed by atoms with E-state index in [2.05, 4.69) is 74.4 Å². The maximum absolute atomic E-state index is 11.8. The molecule has 0 spiro atoms. The fourth-order valence-corrected chi connectivity index (χ4v) is 4.31. The Morgan fingerprint density at radius 2 is 2.07 bits per heavy atom. The van der Waals surface area contributed by atoms with Gasteiger partial charge in [0.1, 0.15) is 10.7 Å². The molecule has 0 aliphatic rings. The summed E-state index contributed by atoms with van der Waals surface area (Å²) in [6.45, 7) is 8.17. The van der Waals surface area contributed by atoms with Gasteiger partial charge in [0.2, 0.25) is 5.16 Å². The summed E-state index contributed by atoms with van der Waals surface area (Å²) in [5.74, 6) is -0.224. The summed E-state index contributed by atoms with van der Waals surface area (Å²) in [7, 11) is 0. The molecule has 0 saturated carbocycles. The van der Waals surface area contributed by atoms with E-state index in [1.807, 2.05) is 19.9 Å². The van der Waals surface area contributed by atoms with Crippen LogP contribution in [0.1, 0.15) is 41.7 Å². The van der Waals surface area contributed by atoms with Gasteiger partial charge in [-0.15, -0.1) is 5.10 Å². The number of carbonyl (C=O) groups is 1. The van der Waals surface area contributed by atoms with Gasteiger partial charge in [-0.2, -0.15) is 0 Å². The predicted octanol–water partition coefficient (Wildman–Crippen LogP) is 5.30. The second-order valence-corrected chi connectivity index (χ2v) is 9.00. The van der Waals surface area contributed by atoms with Crippen molar-refractivity contribution in [1.29, 1.82) is 0 Å². The molecule has 0 amide bonds. The van der Waals surface area contributed by atoms with Gasteiger partial charge in [-0.1, -0.05) is 13.0 Å². The van der Waals surface area contributed by atoms with Gasteiger partial charge in [-0.25, -0.2) is 9.78 Å². The smallest absolute Gasteiger partial charge is 0.342 e. The van der Waals surface area contributed by atoms with Crippen molar-refractivity contribution in [1.82, 2.24) is 19.7 Å². The molecule has 2 aromatic heterocycles. The van der Waals surface area contributed by atoms with Crippen molar-refractivity contribution in [2.75, 3.05) is 0 Å². The van der Waals surface area contributed by atoms with Crippen LogP contribution in [0.5, 0.6) is 0 Å². The number of nitrogens with one attached hydrogen (secondary N) is 1. The number of halogens is 1. The maximum Gasteiger partial charge on any atom is 0.342 e. The Kier molecular flexibility index (Phi) is 6.84.